The van der Waals surface area contributed by atoms with Crippen LogP contribution < -0.4 is 4.90 Å². The van der Waals surface area contributed by atoms with Crippen LogP contribution in [-0.4, -0.2) is 18.3 Å². The maximum atomic E-state index is 2.62. The van der Waals surface area contributed by atoms with Gasteiger partial charge in [0.05, 0.1) is 43.9 Å². The molecule has 17 aromatic carbocycles. The van der Waals surface area contributed by atoms with Crippen LogP contribution in [0.15, 0.2) is 376 Å². The van der Waals surface area contributed by atoms with Gasteiger partial charge in [-0.25, -0.2) is 0 Å². The van der Waals surface area contributed by atoms with Crippen molar-refractivity contribution in [2.24, 2.45) is 5.92 Å². The number of fused-ring (bicyclic) bond motifs is 18. The van der Waals surface area contributed by atoms with Crippen molar-refractivity contribution in [2.45, 2.75) is 123 Å². The van der Waals surface area contributed by atoms with Crippen LogP contribution in [0.1, 0.15) is 148 Å². The van der Waals surface area contributed by atoms with Gasteiger partial charge < -0.3 is 23.2 Å². The Bertz CT molecular complexity index is 7820. The molecule has 5 heteroatoms. The molecule has 0 N–H and O–H groups in total. The van der Waals surface area contributed by atoms with Crippen LogP contribution in [0.3, 0.4) is 0 Å². The van der Waals surface area contributed by atoms with Gasteiger partial charge in [-0.05, 0) is 284 Å². The predicted octanol–water partition coefficient (Wildman–Crippen LogP) is 32.4. The van der Waals surface area contributed by atoms with Gasteiger partial charge in [-0.3, -0.25) is 0 Å². The van der Waals surface area contributed by atoms with Crippen LogP contribution in [0.25, 0.3) is 138 Å². The Morgan fingerprint density at radius 2 is 0.575 bits per heavy atom. The van der Waals surface area contributed by atoms with Crippen molar-refractivity contribution >= 4 is 104 Å². The quantitative estimate of drug-likeness (QED) is 0.0891. The highest BCUT2D eigenvalue weighted by Gasteiger charge is 2.49. The third-order valence-electron chi connectivity index (χ3n) is 28.9. The van der Waals surface area contributed by atoms with Gasteiger partial charge in [0.2, 0.25) is 0 Å². The smallest absolute Gasteiger partial charge is 0.0714 e. The van der Waals surface area contributed by atoms with E-state index in [1.54, 1.807) is 0 Å². The summed E-state index contributed by atoms with van der Waals surface area (Å²) in [6, 6.07) is 146. The number of unbranched alkanes of at least 4 members (excludes halogenated alkanes) is 1. The fraction of sp³-hybridized carbons (Fsp3) is 0.164. The summed E-state index contributed by atoms with van der Waals surface area (Å²) in [4.78, 5) is 2.38. The van der Waals surface area contributed by atoms with Gasteiger partial charge in [0.15, 0.2) is 0 Å². The summed E-state index contributed by atoms with van der Waals surface area (Å²) in [5.41, 5.74) is 37.1. The molecule has 0 saturated heterocycles. The van der Waals surface area contributed by atoms with E-state index in [9.17, 15) is 0 Å². The maximum absolute atomic E-state index is 2.62. The molecule has 0 fully saturated rings. The number of benzene rings is 17. The summed E-state index contributed by atoms with van der Waals surface area (Å²) in [7, 11) is 0. The summed E-state index contributed by atoms with van der Waals surface area (Å²) in [6.07, 6.45) is 4.88. The van der Waals surface area contributed by atoms with Gasteiger partial charge >= 0.3 is 0 Å². The first-order valence-electron chi connectivity index (χ1n) is 45.8. The lowest BCUT2D eigenvalue weighted by Crippen LogP contribution is -2.28. The van der Waals surface area contributed by atoms with Gasteiger partial charge in [0, 0.05) is 94.8 Å². The van der Waals surface area contributed by atoms with Crippen LogP contribution in [0.5, 0.6) is 0 Å². The Morgan fingerprint density at radius 3 is 0.953 bits per heavy atom. The minimum absolute atomic E-state index is 0.0126. The average molecular weight is 1640 g/mol. The molecule has 0 aliphatic heterocycles. The Hall–Kier alpha value is -14.3. The van der Waals surface area contributed by atoms with E-state index in [1.807, 2.05) is 0 Å². The van der Waals surface area contributed by atoms with Crippen molar-refractivity contribution in [1.82, 2.24) is 18.3 Å². The molecule has 0 amide bonds. The molecule has 21 aromatic rings. The molecule has 2 aliphatic rings. The first-order valence-corrected chi connectivity index (χ1v) is 45.8. The number of para-hydroxylation sites is 2. The second kappa shape index (κ2) is 29.7. The first kappa shape index (κ1) is 77.5. The maximum Gasteiger partial charge on any atom is 0.0714 e. The molecule has 4 heterocycles. The van der Waals surface area contributed by atoms with Gasteiger partial charge in [-0.1, -0.05) is 304 Å². The number of anilines is 3. The molecule has 5 nitrogen and oxygen atoms in total. The monoisotopic (exact) mass is 1640 g/mol. The minimum atomic E-state index is -0.806. The van der Waals surface area contributed by atoms with Gasteiger partial charge in [-0.2, -0.15) is 0 Å². The Morgan fingerprint density at radius 1 is 0.283 bits per heavy atom. The molecule has 2 aliphatic carbocycles. The van der Waals surface area contributed by atoms with Crippen molar-refractivity contribution in [3.05, 3.63) is 443 Å². The number of rotatable bonds is 17. The molecular formula is C122H103N5. The normalized spacial score (nSPS) is 13.7. The van der Waals surface area contributed by atoms with E-state index in [-0.39, 0.29) is 10.8 Å². The van der Waals surface area contributed by atoms with Gasteiger partial charge in [-0.15, -0.1) is 0 Å². The molecule has 0 radical (unpaired) electrons. The molecule has 127 heavy (non-hydrogen) atoms. The summed E-state index contributed by atoms with van der Waals surface area (Å²) in [5.74, 6) is 0.616. The lowest BCUT2D eigenvalue weighted by atomic mass is 9.67. The highest BCUT2D eigenvalue weighted by Crippen LogP contribution is 2.60. The lowest BCUT2D eigenvalue weighted by Gasteiger charge is -2.34. The largest absolute Gasteiger partial charge is 0.340 e. The number of aromatic nitrogens is 4. The van der Waals surface area contributed by atoms with Gasteiger partial charge in [0.25, 0.3) is 0 Å². The topological polar surface area (TPSA) is 23.0 Å². The summed E-state index contributed by atoms with van der Waals surface area (Å²) >= 11 is 0. The molecule has 1 atom stereocenters. The Kier molecular flexibility index (Phi) is 18.1. The van der Waals surface area contributed by atoms with Crippen molar-refractivity contribution < 1.29 is 0 Å². The highest BCUT2D eigenvalue weighted by molar-refractivity contribution is 6.15. The fourth-order valence-electron chi connectivity index (χ4n) is 22.4. The number of nitrogens with zero attached hydrogens (tertiary/aromatic N) is 5. The van der Waals surface area contributed by atoms with Crippen molar-refractivity contribution in [3.8, 4) is 50.4 Å². The minimum Gasteiger partial charge on any atom is -0.340 e. The molecule has 0 bridgehead atoms. The number of hydrogen-bond donors (Lipinski definition) is 0. The van der Waals surface area contributed by atoms with Crippen LogP contribution in [0.2, 0.25) is 0 Å². The molecule has 1 unspecified atom stereocenters. The van der Waals surface area contributed by atoms with E-state index < -0.39 is 10.8 Å². The molecule has 4 aromatic heterocycles. The Balaban J connectivity index is 0.771. The van der Waals surface area contributed by atoms with E-state index in [0.29, 0.717) is 5.92 Å². The Labute approximate surface area is 744 Å². The lowest BCUT2D eigenvalue weighted by molar-refractivity contribution is 0.401. The van der Waals surface area contributed by atoms with Crippen LogP contribution in [-0.2, 0) is 28.2 Å². The van der Waals surface area contributed by atoms with E-state index in [0.717, 1.165) is 51.7 Å². The zero-order chi connectivity index (χ0) is 85.9. The van der Waals surface area contributed by atoms with Crippen LogP contribution >= 0.6 is 0 Å². The SMILES string of the molecule is CCCCC(CC)Cn1c2ccccc2c2cc(-c3ccc4c(c3)c3cc(C5(c6ccc7c(c6)c6cc(C8(c9ccc%10c(c9)c9ccccc9n%10-c9ccc(C(C)(C)C)cc9)c9ccccc9-c9ccccc98)ccc6n7-c6ccc(N(c7ccc(C)cc7)c7ccc(C)cc7)cc6)c6ccccc6-c6ccccc65)ccc3n4-c3ccc(C(C)(C)C)cc3)ccc21. The molecular weight excluding hydrogens is 1540 g/mol. The number of hydrogen-bond acceptors (Lipinski definition) is 1. The third-order valence-corrected chi connectivity index (χ3v) is 28.9. The standard InChI is InChI=1S/C122H103N5/c1-11-13-26-80(12-2)77-123-111-37-24-18-31-99(111)101-71-81(43-65-112(101)123)82-44-66-114-102(72-82)104-74-86(50-68-116(104)126(114)93-59-47-84(48-60-93)120(8,9)10)122(109-35-22-16-29-97(109)98-30-17-23-36-110(98)122)88-52-70-118-106(76-88)105-75-87(51-69-117(105)127(118)94-63-61-91(62-64-94)124(89-53-39-78(3)40-54-89)90-55-41-79(4)42-56-90)121(107-33-20-14-27-95(107)96-28-15-21-34-108(96)121)85-49-67-115-103(73-85)100-32-19-25-38-113(100)125(115)92-57-45-83(46-58-92)119(5,6)7/h14-25,27-76,80H,11-13,26,77H2,1-10H3. The van der Waals surface area contributed by atoms with Gasteiger partial charge in [0.1, 0.15) is 0 Å². The highest BCUT2D eigenvalue weighted by atomic mass is 15.1. The predicted molar refractivity (Wildman–Crippen MR) is 537 cm³/mol. The zero-order valence-corrected chi connectivity index (χ0v) is 74.1. The van der Waals surface area contributed by atoms with E-state index in [2.05, 4.69) is 469 Å². The summed E-state index contributed by atoms with van der Waals surface area (Å²) < 4.78 is 10.2. The van der Waals surface area contributed by atoms with Crippen molar-refractivity contribution in [3.63, 3.8) is 0 Å². The van der Waals surface area contributed by atoms with E-state index >= 15 is 0 Å². The second-order valence-corrected chi connectivity index (χ2v) is 38.3. The third kappa shape index (κ3) is 12.1. The second-order valence-electron chi connectivity index (χ2n) is 38.3. The van der Waals surface area contributed by atoms with Crippen LogP contribution in [0.4, 0.5) is 17.1 Å². The molecule has 0 spiro atoms. The molecule has 23 rings (SSSR count). The van der Waals surface area contributed by atoms with E-state index in [1.165, 1.54) is 202 Å². The first-order chi connectivity index (χ1) is 62.0. The zero-order valence-electron chi connectivity index (χ0n) is 74.1. The summed E-state index contributed by atoms with van der Waals surface area (Å²) in [6.45, 7) is 23.9. The molecule has 616 valence electrons. The van der Waals surface area contributed by atoms with Crippen LogP contribution in [0, 0.1) is 19.8 Å². The van der Waals surface area contributed by atoms with E-state index in [4.69, 9.17) is 0 Å². The molecule has 0 saturated carbocycles. The van der Waals surface area contributed by atoms with Crippen molar-refractivity contribution in [1.29, 1.82) is 0 Å². The number of aryl methyl sites for hydroxylation is 2. The van der Waals surface area contributed by atoms with Crippen molar-refractivity contribution in [2.75, 3.05) is 4.90 Å². The average Bonchev–Trinajstić information content (AvgIpc) is 1.53. The summed E-state index contributed by atoms with van der Waals surface area (Å²) in [5, 5.41) is 9.84. The fourth-order valence-corrected chi connectivity index (χ4v) is 22.4.